The van der Waals surface area contributed by atoms with E-state index in [1.165, 1.54) is 0 Å². The number of carbonyl (C=O) groups excluding carboxylic acids is 3. The van der Waals surface area contributed by atoms with Crippen LogP contribution in [0.3, 0.4) is 0 Å². The third-order valence-electron chi connectivity index (χ3n) is 9.46. The Morgan fingerprint density at radius 2 is 1.85 bits per heavy atom. The first-order valence-corrected chi connectivity index (χ1v) is 15.1. The van der Waals surface area contributed by atoms with Crippen molar-refractivity contribution in [2.24, 2.45) is 17.8 Å². The third-order valence-corrected chi connectivity index (χ3v) is 11.4. The van der Waals surface area contributed by atoms with Crippen LogP contribution in [0.2, 0.25) is 0 Å². The molecular weight excluding hydrogens is 540 g/mol. The van der Waals surface area contributed by atoms with Gasteiger partial charge in [0.25, 0.3) is 0 Å². The topological polar surface area (TPSA) is 129 Å². The maximum Gasteiger partial charge on any atom is 0.245 e. The molecule has 4 heterocycles. The van der Waals surface area contributed by atoms with Gasteiger partial charge in [-0.1, -0.05) is 55.8 Å². The molecule has 2 aromatic carbocycles. The number of hydrogen-bond donors (Lipinski definition) is 3. The van der Waals surface area contributed by atoms with Gasteiger partial charge in [0, 0.05) is 10.4 Å². The van der Waals surface area contributed by atoms with Gasteiger partial charge in [-0.05, 0) is 49.9 Å². The van der Waals surface area contributed by atoms with Gasteiger partial charge in [-0.2, -0.15) is 0 Å². The van der Waals surface area contributed by atoms with Crippen molar-refractivity contribution in [1.82, 2.24) is 25.2 Å². The highest BCUT2D eigenvalue weighted by atomic mass is 32.2. The van der Waals surface area contributed by atoms with Gasteiger partial charge in [0.1, 0.15) is 18.2 Å². The molecule has 3 N–H and O–H groups in total. The molecule has 3 amide bonds. The second-order valence-corrected chi connectivity index (χ2v) is 13.6. The summed E-state index contributed by atoms with van der Waals surface area (Å²) in [7, 11) is 0. The van der Waals surface area contributed by atoms with Crippen molar-refractivity contribution in [2.45, 2.75) is 68.3 Å². The van der Waals surface area contributed by atoms with Crippen molar-refractivity contribution in [3.63, 3.8) is 0 Å². The van der Waals surface area contributed by atoms with E-state index in [1.807, 2.05) is 75.4 Å². The maximum atomic E-state index is 14.4. The lowest BCUT2D eigenvalue weighted by molar-refractivity contribution is -0.143. The molecule has 2 bridgehead atoms. The summed E-state index contributed by atoms with van der Waals surface area (Å²) in [5.41, 5.74) is 2.19. The fourth-order valence-electron chi connectivity index (χ4n) is 7.26. The van der Waals surface area contributed by atoms with Gasteiger partial charge in [0.05, 0.1) is 34.7 Å². The van der Waals surface area contributed by atoms with Crippen molar-refractivity contribution < 1.29 is 19.5 Å². The van der Waals surface area contributed by atoms with Crippen LogP contribution < -0.4 is 10.6 Å². The zero-order valence-corrected chi connectivity index (χ0v) is 24.3. The number of amides is 3. The molecule has 3 fully saturated rings. The molecule has 10 nitrogen and oxygen atoms in total. The monoisotopic (exact) mass is 576 g/mol. The smallest absolute Gasteiger partial charge is 0.245 e. The van der Waals surface area contributed by atoms with Crippen LogP contribution in [0.25, 0.3) is 11.0 Å². The molecule has 11 heteroatoms. The van der Waals surface area contributed by atoms with Gasteiger partial charge in [0.15, 0.2) is 0 Å². The van der Waals surface area contributed by atoms with E-state index in [-0.39, 0.29) is 36.9 Å². The van der Waals surface area contributed by atoms with Crippen molar-refractivity contribution in [1.29, 1.82) is 0 Å². The molecule has 41 heavy (non-hydrogen) atoms. The van der Waals surface area contributed by atoms with Gasteiger partial charge in [-0.25, -0.2) is 4.68 Å². The van der Waals surface area contributed by atoms with Crippen LogP contribution in [-0.2, 0) is 21.1 Å². The molecule has 0 aliphatic carbocycles. The highest BCUT2D eigenvalue weighted by Gasteiger charge is 2.77. The number of fused-ring (bicyclic) bond motifs is 2. The Morgan fingerprint density at radius 1 is 1.12 bits per heavy atom. The van der Waals surface area contributed by atoms with E-state index in [9.17, 15) is 19.5 Å². The van der Waals surface area contributed by atoms with Crippen molar-refractivity contribution >= 4 is 46.2 Å². The molecule has 0 radical (unpaired) electrons. The number of rotatable bonds is 9. The van der Waals surface area contributed by atoms with Crippen molar-refractivity contribution in [3.05, 3.63) is 54.6 Å². The minimum atomic E-state index is -0.831. The van der Waals surface area contributed by atoms with Gasteiger partial charge >= 0.3 is 0 Å². The highest BCUT2D eigenvalue weighted by molar-refractivity contribution is 8.02. The highest BCUT2D eigenvalue weighted by Crippen LogP contribution is 2.71. The third kappa shape index (κ3) is 4.32. The molecule has 3 aromatic rings. The number of nitrogens with zero attached hydrogens (tertiary/aromatic N) is 4. The summed E-state index contributed by atoms with van der Waals surface area (Å²) in [6.45, 7) is 5.87. The first kappa shape index (κ1) is 27.7. The number of thioether (sulfide) groups is 1. The first-order chi connectivity index (χ1) is 19.7. The lowest BCUT2D eigenvalue weighted by Gasteiger charge is -2.39. The van der Waals surface area contributed by atoms with E-state index in [0.717, 1.165) is 17.5 Å². The molecule has 7 atom stereocenters. The Hall–Kier alpha value is -3.44. The van der Waals surface area contributed by atoms with Crippen LogP contribution in [0.5, 0.6) is 0 Å². The second-order valence-electron chi connectivity index (χ2n) is 11.7. The van der Waals surface area contributed by atoms with Crippen LogP contribution in [0.15, 0.2) is 54.6 Å². The minimum absolute atomic E-state index is 0.0388. The molecular formula is C30H36N6O4S. The number of likely N-dealkylation sites (tertiary alicyclic amines) is 1. The summed E-state index contributed by atoms with van der Waals surface area (Å²) in [4.78, 5) is 44.1. The van der Waals surface area contributed by atoms with Crippen LogP contribution in [0.1, 0.15) is 40.0 Å². The molecule has 2 unspecified atom stereocenters. The van der Waals surface area contributed by atoms with Gasteiger partial charge in [-0.15, -0.1) is 16.9 Å². The fraction of sp³-hybridized carbons (Fsp3) is 0.500. The summed E-state index contributed by atoms with van der Waals surface area (Å²) in [5.74, 6) is -2.04. The number of anilines is 1. The summed E-state index contributed by atoms with van der Waals surface area (Å²) < 4.78 is 0.356. The molecule has 3 aliphatic rings. The van der Waals surface area contributed by atoms with E-state index in [1.54, 1.807) is 21.3 Å². The van der Waals surface area contributed by atoms with Crippen LogP contribution in [0.4, 0.5) is 5.69 Å². The van der Waals surface area contributed by atoms with Crippen molar-refractivity contribution in [3.8, 4) is 0 Å². The number of benzene rings is 2. The summed E-state index contributed by atoms with van der Waals surface area (Å²) >= 11 is 1.62. The van der Waals surface area contributed by atoms with E-state index in [0.29, 0.717) is 18.5 Å². The first-order valence-electron chi connectivity index (χ1n) is 14.3. The number of nitrogens with one attached hydrogen (secondary N) is 2. The largest absolute Gasteiger partial charge is 0.394 e. The zero-order valence-electron chi connectivity index (χ0n) is 23.5. The summed E-state index contributed by atoms with van der Waals surface area (Å²) in [5, 5.41) is 24.9. The number of para-hydroxylation sites is 2. The predicted molar refractivity (Wildman–Crippen MR) is 157 cm³/mol. The molecule has 3 aliphatic heterocycles. The molecule has 0 saturated carbocycles. The zero-order chi connectivity index (χ0) is 28.9. The lowest BCUT2D eigenvalue weighted by atomic mass is 9.66. The molecule has 1 spiro atoms. The van der Waals surface area contributed by atoms with E-state index < -0.39 is 33.4 Å². The number of aromatic nitrogens is 3. The predicted octanol–water partition coefficient (Wildman–Crippen LogP) is 3.03. The number of carbonyl (C=O) groups is 3. The standard InChI is InChI=1S/C30H36N6O4S/c1-4-18(2)22(16-37)36-25(27(39)31-17-35-21-13-9-8-12-20(21)33-34-35)30-15-14-29(3,41-30)23(24(30)28(36)40)26(38)32-19-10-6-5-7-11-19/h5-13,18,22-25,37H,4,14-17H2,1-3H3,(H,31,39)(H,32,38)/t18-,22-,23-,24-,25?,29+,30?/m0/s1. The Morgan fingerprint density at radius 3 is 2.59 bits per heavy atom. The lowest BCUT2D eigenvalue weighted by Crippen LogP contribution is -2.58. The summed E-state index contributed by atoms with van der Waals surface area (Å²) in [6.07, 6.45) is 2.08. The summed E-state index contributed by atoms with van der Waals surface area (Å²) in [6, 6.07) is 15.4. The second kappa shape index (κ2) is 10.4. The maximum absolute atomic E-state index is 14.4. The molecule has 216 valence electrons. The van der Waals surface area contributed by atoms with Crippen LogP contribution in [0, 0.1) is 17.8 Å². The number of aliphatic hydroxyl groups is 1. The molecule has 1 aromatic heterocycles. The van der Waals surface area contributed by atoms with Crippen LogP contribution in [-0.4, -0.2) is 70.9 Å². The van der Waals surface area contributed by atoms with Crippen molar-refractivity contribution in [2.75, 3.05) is 11.9 Å². The quantitative estimate of drug-likeness (QED) is 0.357. The Kier molecular flexibility index (Phi) is 7.05. The molecule has 6 rings (SSSR count). The van der Waals surface area contributed by atoms with Gasteiger partial charge in [0.2, 0.25) is 17.7 Å². The Labute approximate surface area is 243 Å². The SMILES string of the molecule is CC[C@H](C)[C@H](CO)N1C(=O)[C@@H]2[C@@H](C(=O)Nc3ccccc3)[C@@]3(C)CCC2(S3)C1C(=O)NCn1nnc2ccccc21. The normalized spacial score (nSPS) is 29.9. The number of hydrogen-bond acceptors (Lipinski definition) is 7. The Bertz CT molecular complexity index is 1480. The molecule has 3 saturated heterocycles. The van der Waals surface area contributed by atoms with E-state index in [4.69, 9.17) is 0 Å². The van der Waals surface area contributed by atoms with Crippen LogP contribution >= 0.6 is 11.8 Å². The fourth-order valence-corrected chi connectivity index (χ4v) is 9.60. The number of aliphatic hydroxyl groups excluding tert-OH is 1. The van der Waals surface area contributed by atoms with E-state index >= 15 is 0 Å². The van der Waals surface area contributed by atoms with Gasteiger partial charge in [-0.3, -0.25) is 14.4 Å². The van der Waals surface area contributed by atoms with Gasteiger partial charge < -0.3 is 20.6 Å². The van der Waals surface area contributed by atoms with E-state index in [2.05, 4.69) is 20.9 Å². The average Bonchev–Trinajstić information content (AvgIpc) is 3.68. The Balaban J connectivity index is 1.35. The average molecular weight is 577 g/mol. The minimum Gasteiger partial charge on any atom is -0.394 e.